The Morgan fingerprint density at radius 3 is 2.63 bits per heavy atom. The van der Waals surface area contributed by atoms with E-state index in [4.69, 9.17) is 9.73 Å². The van der Waals surface area contributed by atoms with Gasteiger partial charge in [-0.1, -0.05) is 31.1 Å². The highest BCUT2D eigenvalue weighted by Gasteiger charge is 2.17. The molecule has 19 heavy (non-hydrogen) atoms. The summed E-state index contributed by atoms with van der Waals surface area (Å²) in [5.41, 5.74) is 2.73. The van der Waals surface area contributed by atoms with Gasteiger partial charge in [0.25, 0.3) is 0 Å². The van der Waals surface area contributed by atoms with Crippen LogP contribution in [0.15, 0.2) is 40.6 Å². The quantitative estimate of drug-likeness (QED) is 0.709. The molecule has 0 saturated heterocycles. The zero-order valence-corrected chi connectivity index (χ0v) is 11.5. The highest BCUT2D eigenvalue weighted by Crippen LogP contribution is 2.25. The number of rotatable bonds is 2. The van der Waals surface area contributed by atoms with Gasteiger partial charge in [0, 0.05) is 12.1 Å². The average Bonchev–Trinajstić information content (AvgIpc) is 2.42. The number of aliphatic imine (C=N–C) groups is 1. The maximum atomic E-state index is 11.9. The first-order chi connectivity index (χ1) is 9.31. The SMILES string of the molecule is COC(=O)C1=C(N=C2C=CC=CC2)CCCCCC1. The van der Waals surface area contributed by atoms with Crippen LogP contribution >= 0.6 is 0 Å². The van der Waals surface area contributed by atoms with Crippen LogP contribution < -0.4 is 0 Å². The van der Waals surface area contributed by atoms with Gasteiger partial charge < -0.3 is 4.74 Å². The van der Waals surface area contributed by atoms with Gasteiger partial charge in [-0.25, -0.2) is 4.79 Å². The molecule has 0 aliphatic heterocycles. The van der Waals surface area contributed by atoms with Crippen molar-refractivity contribution in [3.63, 3.8) is 0 Å². The standard InChI is InChI=1S/C16H21NO2/c1-19-16(18)14-11-7-2-3-8-12-15(14)17-13-9-5-4-6-10-13/h4-6,9H,2-3,7-8,10-12H2,1H3. The summed E-state index contributed by atoms with van der Waals surface area (Å²) in [6.07, 6.45) is 15.2. The third-order valence-electron chi connectivity index (χ3n) is 3.51. The van der Waals surface area contributed by atoms with Crippen molar-refractivity contribution in [3.8, 4) is 0 Å². The minimum absolute atomic E-state index is 0.211. The van der Waals surface area contributed by atoms with Crippen molar-refractivity contribution in [2.24, 2.45) is 4.99 Å². The molecule has 3 heteroatoms. The summed E-state index contributed by atoms with van der Waals surface area (Å²) in [4.78, 5) is 16.6. The fourth-order valence-electron chi connectivity index (χ4n) is 2.47. The third-order valence-corrected chi connectivity index (χ3v) is 3.51. The first kappa shape index (κ1) is 13.8. The molecule has 2 aliphatic rings. The van der Waals surface area contributed by atoms with Crippen molar-refractivity contribution in [1.29, 1.82) is 0 Å². The van der Waals surface area contributed by atoms with E-state index in [-0.39, 0.29) is 5.97 Å². The van der Waals surface area contributed by atoms with E-state index < -0.39 is 0 Å². The monoisotopic (exact) mass is 259 g/mol. The normalized spacial score (nSPS) is 22.3. The largest absolute Gasteiger partial charge is 0.466 e. The second-order valence-corrected chi connectivity index (χ2v) is 4.93. The fraction of sp³-hybridized carbons (Fsp3) is 0.500. The number of hydrogen-bond donors (Lipinski definition) is 0. The number of esters is 1. The molecular weight excluding hydrogens is 238 g/mol. The van der Waals surface area contributed by atoms with Gasteiger partial charge in [0.15, 0.2) is 0 Å². The molecule has 0 fully saturated rings. The highest BCUT2D eigenvalue weighted by atomic mass is 16.5. The van der Waals surface area contributed by atoms with Crippen LogP contribution in [0, 0.1) is 0 Å². The summed E-state index contributed by atoms with van der Waals surface area (Å²) in [6, 6.07) is 0. The van der Waals surface area contributed by atoms with E-state index in [9.17, 15) is 4.79 Å². The first-order valence-electron chi connectivity index (χ1n) is 7.02. The summed E-state index contributed by atoms with van der Waals surface area (Å²) in [5, 5.41) is 0. The lowest BCUT2D eigenvalue weighted by molar-refractivity contribution is -0.136. The number of methoxy groups -OCH3 is 1. The van der Waals surface area contributed by atoms with E-state index in [0.717, 1.165) is 49.1 Å². The molecule has 0 unspecified atom stereocenters. The van der Waals surface area contributed by atoms with Crippen LogP contribution in [0.2, 0.25) is 0 Å². The lowest BCUT2D eigenvalue weighted by Gasteiger charge is -2.15. The number of hydrogen-bond acceptors (Lipinski definition) is 3. The predicted molar refractivity (Wildman–Crippen MR) is 77.1 cm³/mol. The van der Waals surface area contributed by atoms with Crippen molar-refractivity contribution in [2.75, 3.05) is 7.11 Å². The highest BCUT2D eigenvalue weighted by molar-refractivity contribution is 5.98. The number of nitrogens with zero attached hydrogens (tertiary/aromatic N) is 1. The summed E-state index contributed by atoms with van der Waals surface area (Å²) < 4.78 is 4.91. The summed E-state index contributed by atoms with van der Waals surface area (Å²) in [5.74, 6) is -0.211. The first-order valence-corrected chi connectivity index (χ1v) is 7.02. The molecule has 0 radical (unpaired) electrons. The van der Waals surface area contributed by atoms with Gasteiger partial charge >= 0.3 is 5.97 Å². The molecule has 0 amide bonds. The molecule has 0 aromatic carbocycles. The van der Waals surface area contributed by atoms with Crippen LogP contribution in [0.1, 0.15) is 44.9 Å². The second-order valence-electron chi connectivity index (χ2n) is 4.93. The summed E-state index contributed by atoms with van der Waals surface area (Å²) >= 11 is 0. The molecule has 3 nitrogen and oxygen atoms in total. The molecule has 0 aromatic rings. The zero-order chi connectivity index (χ0) is 13.5. The predicted octanol–water partition coefficient (Wildman–Crippen LogP) is 3.72. The Morgan fingerprint density at radius 1 is 1.16 bits per heavy atom. The smallest absolute Gasteiger partial charge is 0.335 e. The number of allylic oxidation sites excluding steroid dienone is 5. The van der Waals surface area contributed by atoms with Gasteiger partial charge in [-0.15, -0.1) is 0 Å². The Bertz CT molecular complexity index is 455. The molecule has 102 valence electrons. The van der Waals surface area contributed by atoms with Gasteiger partial charge in [0.1, 0.15) is 0 Å². The number of carbonyl (C=O) groups excluding carboxylic acids is 1. The molecule has 0 spiro atoms. The second kappa shape index (κ2) is 7.07. The molecule has 2 aliphatic carbocycles. The van der Waals surface area contributed by atoms with E-state index in [2.05, 4.69) is 6.08 Å². The Kier molecular flexibility index (Phi) is 5.13. The minimum atomic E-state index is -0.211. The summed E-state index contributed by atoms with van der Waals surface area (Å²) in [7, 11) is 1.45. The Hall–Kier alpha value is -1.64. The maximum Gasteiger partial charge on any atom is 0.335 e. The molecular formula is C16H21NO2. The van der Waals surface area contributed by atoms with Crippen molar-refractivity contribution in [2.45, 2.75) is 44.9 Å². The molecule has 0 N–H and O–H groups in total. The Morgan fingerprint density at radius 2 is 1.95 bits per heavy atom. The molecule has 2 rings (SSSR count). The number of carbonyl (C=O) groups is 1. The molecule has 0 aromatic heterocycles. The third kappa shape index (κ3) is 3.91. The van der Waals surface area contributed by atoms with Crippen LogP contribution in [0.3, 0.4) is 0 Å². The molecule has 0 bridgehead atoms. The van der Waals surface area contributed by atoms with Gasteiger partial charge in [0.2, 0.25) is 0 Å². The topological polar surface area (TPSA) is 38.7 Å². The average molecular weight is 259 g/mol. The Labute approximate surface area is 114 Å². The van der Waals surface area contributed by atoms with Crippen LogP contribution in [-0.4, -0.2) is 18.8 Å². The van der Waals surface area contributed by atoms with E-state index in [1.807, 2.05) is 18.2 Å². The lowest BCUT2D eigenvalue weighted by Crippen LogP contribution is -2.10. The molecule has 0 heterocycles. The molecule has 0 atom stereocenters. The van der Waals surface area contributed by atoms with Gasteiger partial charge in [-0.2, -0.15) is 0 Å². The lowest BCUT2D eigenvalue weighted by atomic mass is 9.97. The van der Waals surface area contributed by atoms with Crippen LogP contribution in [0.25, 0.3) is 0 Å². The number of ether oxygens (including phenoxy) is 1. The van der Waals surface area contributed by atoms with E-state index in [0.29, 0.717) is 0 Å². The minimum Gasteiger partial charge on any atom is -0.466 e. The van der Waals surface area contributed by atoms with Gasteiger partial charge in [0.05, 0.1) is 18.4 Å². The van der Waals surface area contributed by atoms with Gasteiger partial charge in [-0.3, -0.25) is 4.99 Å². The van der Waals surface area contributed by atoms with Crippen LogP contribution in [0.4, 0.5) is 0 Å². The maximum absolute atomic E-state index is 11.9. The van der Waals surface area contributed by atoms with Crippen molar-refractivity contribution >= 4 is 11.7 Å². The van der Waals surface area contributed by atoms with Crippen LogP contribution in [0.5, 0.6) is 0 Å². The Balaban J connectivity index is 2.29. The zero-order valence-electron chi connectivity index (χ0n) is 11.5. The van der Waals surface area contributed by atoms with Crippen molar-refractivity contribution < 1.29 is 9.53 Å². The van der Waals surface area contributed by atoms with Crippen molar-refractivity contribution in [3.05, 3.63) is 35.6 Å². The van der Waals surface area contributed by atoms with E-state index in [1.54, 1.807) is 0 Å². The van der Waals surface area contributed by atoms with Crippen molar-refractivity contribution in [1.82, 2.24) is 0 Å². The molecule has 0 saturated carbocycles. The van der Waals surface area contributed by atoms with Crippen LogP contribution in [-0.2, 0) is 9.53 Å². The van der Waals surface area contributed by atoms with E-state index >= 15 is 0 Å². The summed E-state index contributed by atoms with van der Waals surface area (Å²) in [6.45, 7) is 0. The van der Waals surface area contributed by atoms with Gasteiger partial charge in [-0.05, 0) is 31.8 Å². The van der Waals surface area contributed by atoms with E-state index in [1.165, 1.54) is 20.0 Å². The fourth-order valence-corrected chi connectivity index (χ4v) is 2.47.